The highest BCUT2D eigenvalue weighted by Crippen LogP contribution is 2.61. The van der Waals surface area contributed by atoms with Gasteiger partial charge in [0.05, 0.1) is 25.6 Å². The van der Waals surface area contributed by atoms with Crippen LogP contribution in [0.15, 0.2) is 73.4 Å². The molecule has 79 heavy (non-hydrogen) atoms. The minimum absolute atomic E-state index is 0.0153. The van der Waals surface area contributed by atoms with Crippen molar-refractivity contribution < 1.29 is 105 Å². The van der Waals surface area contributed by atoms with Crippen molar-refractivity contribution in [3.05, 3.63) is 73.4 Å². The molecule has 1 aliphatic heterocycles. The molecule has 2 amide bonds. The van der Waals surface area contributed by atoms with Crippen molar-refractivity contribution in [2.75, 3.05) is 43.5 Å². The van der Waals surface area contributed by atoms with E-state index in [0.29, 0.717) is 19.3 Å². The fourth-order valence-electron chi connectivity index (χ4n) is 6.66. The number of nitrogens with one attached hydrogen (secondary N) is 2. The van der Waals surface area contributed by atoms with Crippen LogP contribution in [0.3, 0.4) is 0 Å². The van der Waals surface area contributed by atoms with Crippen LogP contribution in [0.25, 0.3) is 11.2 Å². The Morgan fingerprint density at radius 1 is 0.911 bits per heavy atom. The SMILES string of the molecule is CC(C)(COP(=O)(O)OP(=O)(O)OCC1OC(n2cnc3c(N)ncnc32)C(O)C1OP(=O)(O)O)C(O)C(=O)NCCC(=O)NCCSC(=O)/C=C/CC/C=C/C/C=C/C=C/C=C/C(SCC(N)C(=O)O)C(O)CCCC(=O)O. The number of carboxylic acid groups (broad SMARTS) is 2. The van der Waals surface area contributed by atoms with Crippen LogP contribution in [0.5, 0.6) is 0 Å². The number of aromatic nitrogens is 4. The second-order valence-corrected chi connectivity index (χ2v) is 24.3. The summed E-state index contributed by atoms with van der Waals surface area (Å²) in [7, 11) is -16.5. The molecule has 3 heterocycles. The van der Waals surface area contributed by atoms with Crippen LogP contribution in [0.4, 0.5) is 5.82 Å². The molecule has 35 heteroatoms. The number of aliphatic carboxylic acids is 2. The lowest BCUT2D eigenvalue weighted by atomic mass is 9.87. The number of allylic oxidation sites excluding steroid dienone is 8. The molecule has 10 unspecified atom stereocenters. The minimum Gasteiger partial charge on any atom is -0.481 e. The van der Waals surface area contributed by atoms with Crippen LogP contribution < -0.4 is 22.1 Å². The number of imidazole rings is 1. The van der Waals surface area contributed by atoms with E-state index in [1.165, 1.54) is 31.7 Å². The Morgan fingerprint density at radius 2 is 1.61 bits per heavy atom. The number of nitrogens with two attached hydrogens (primary N) is 2. The van der Waals surface area contributed by atoms with Crippen molar-refractivity contribution in [1.82, 2.24) is 30.2 Å². The van der Waals surface area contributed by atoms with Crippen LogP contribution in [0, 0.1) is 5.41 Å². The number of rotatable bonds is 37. The highest BCUT2D eigenvalue weighted by atomic mass is 32.2. The van der Waals surface area contributed by atoms with Crippen LogP contribution in [-0.4, -0.2) is 173 Å². The summed E-state index contributed by atoms with van der Waals surface area (Å²) in [6, 6.07) is -1.10. The number of aliphatic hydroxyl groups is 3. The molecular weight excluding hydrogens is 1150 g/mol. The molecule has 0 saturated carbocycles. The zero-order valence-corrected chi connectivity index (χ0v) is 47.0. The summed E-state index contributed by atoms with van der Waals surface area (Å²) >= 11 is 2.16. The van der Waals surface area contributed by atoms with Crippen LogP contribution in [0.1, 0.15) is 65.0 Å². The first kappa shape index (κ1) is 68.7. The van der Waals surface area contributed by atoms with Gasteiger partial charge in [-0.25, -0.2) is 28.6 Å². The molecule has 2 aromatic rings. The average molecular weight is 1220 g/mol. The number of unbranched alkanes of at least 4 members (excludes halogenated alkanes) is 1. The van der Waals surface area contributed by atoms with E-state index in [-0.39, 0.29) is 72.4 Å². The molecule has 0 radical (unpaired) electrons. The maximum atomic E-state index is 12.8. The van der Waals surface area contributed by atoms with Crippen molar-refractivity contribution in [3.8, 4) is 0 Å². The van der Waals surface area contributed by atoms with Gasteiger partial charge in [0.1, 0.15) is 42.3 Å². The Hall–Kier alpha value is -4.53. The number of nitrogen functional groups attached to an aromatic ring is 1. The van der Waals surface area contributed by atoms with Gasteiger partial charge in [-0.15, -0.1) is 11.8 Å². The van der Waals surface area contributed by atoms with Gasteiger partial charge in [0.2, 0.25) is 16.9 Å². The number of carboxylic acids is 2. The zero-order chi connectivity index (χ0) is 59.0. The van der Waals surface area contributed by atoms with Crippen molar-refractivity contribution in [2.24, 2.45) is 11.1 Å². The number of nitrogens with zero attached hydrogens (tertiary/aromatic N) is 4. The third kappa shape index (κ3) is 25.9. The molecular formula is C44H67N8O22P3S2. The molecule has 3 rings (SSSR count). The summed E-state index contributed by atoms with van der Waals surface area (Å²) in [6.07, 6.45) is 12.1. The molecule has 0 aromatic carbocycles. The summed E-state index contributed by atoms with van der Waals surface area (Å²) in [4.78, 5) is 110. The van der Waals surface area contributed by atoms with Crippen LogP contribution in [0.2, 0.25) is 0 Å². The van der Waals surface area contributed by atoms with E-state index in [1.54, 1.807) is 30.4 Å². The largest absolute Gasteiger partial charge is 0.481 e. The lowest BCUT2D eigenvalue weighted by Crippen LogP contribution is -2.46. The summed E-state index contributed by atoms with van der Waals surface area (Å²) in [5.41, 5.74) is 9.79. The summed E-state index contributed by atoms with van der Waals surface area (Å²) < 4.78 is 62.4. The van der Waals surface area contributed by atoms with Gasteiger partial charge in [-0.3, -0.25) is 42.1 Å². The number of carbonyl (C=O) groups excluding carboxylic acids is 3. The van der Waals surface area contributed by atoms with E-state index in [0.717, 1.165) is 29.0 Å². The Morgan fingerprint density at radius 3 is 2.30 bits per heavy atom. The van der Waals surface area contributed by atoms with Gasteiger partial charge in [-0.2, -0.15) is 4.31 Å². The van der Waals surface area contributed by atoms with Gasteiger partial charge in [-0.05, 0) is 38.2 Å². The topological polar surface area (TPSA) is 484 Å². The average Bonchev–Trinajstić information content (AvgIpc) is 4.13. The smallest absolute Gasteiger partial charge is 0.481 e. The van der Waals surface area contributed by atoms with Crippen molar-refractivity contribution in [2.45, 2.75) is 107 Å². The number of carbonyl (C=O) groups is 5. The van der Waals surface area contributed by atoms with Gasteiger partial charge >= 0.3 is 35.4 Å². The number of hydrogen-bond acceptors (Lipinski definition) is 23. The third-order valence-corrected chi connectivity index (χ3v) is 16.1. The fraction of sp³-hybridized carbons (Fsp3) is 0.545. The Labute approximate surface area is 461 Å². The molecule has 2 aromatic heterocycles. The zero-order valence-electron chi connectivity index (χ0n) is 42.7. The van der Waals surface area contributed by atoms with Gasteiger partial charge < -0.3 is 71.9 Å². The first-order valence-electron chi connectivity index (χ1n) is 23.9. The molecule has 15 N–H and O–H groups in total. The fourth-order valence-corrected chi connectivity index (χ4v) is 11.2. The Balaban J connectivity index is 1.31. The predicted molar refractivity (Wildman–Crippen MR) is 286 cm³/mol. The maximum Gasteiger partial charge on any atom is 0.481 e. The van der Waals surface area contributed by atoms with E-state index in [4.69, 9.17) is 35.5 Å². The maximum absolute atomic E-state index is 12.8. The predicted octanol–water partition coefficient (Wildman–Crippen LogP) is 1.75. The number of aliphatic hydroxyl groups excluding tert-OH is 3. The summed E-state index contributed by atoms with van der Waals surface area (Å²) in [5, 5.41) is 54.2. The lowest BCUT2D eigenvalue weighted by molar-refractivity contribution is -0.138. The van der Waals surface area contributed by atoms with E-state index >= 15 is 0 Å². The molecule has 30 nitrogen and oxygen atoms in total. The first-order valence-corrected chi connectivity index (χ1v) is 30.4. The second-order valence-electron chi connectivity index (χ2n) is 17.7. The van der Waals surface area contributed by atoms with E-state index in [9.17, 15) is 72.6 Å². The van der Waals surface area contributed by atoms with E-state index in [2.05, 4.69) is 34.4 Å². The number of fused-ring (bicyclic) bond motifs is 1. The molecule has 442 valence electrons. The Bertz CT molecular complexity index is 2650. The number of amides is 2. The number of phosphoric ester groups is 3. The molecule has 0 aliphatic carbocycles. The normalized spacial score (nSPS) is 20.5. The molecule has 1 saturated heterocycles. The third-order valence-electron chi connectivity index (χ3n) is 10.8. The minimum atomic E-state index is -5.61. The highest BCUT2D eigenvalue weighted by Gasteiger charge is 2.50. The molecule has 0 spiro atoms. The van der Waals surface area contributed by atoms with Crippen molar-refractivity contribution in [1.29, 1.82) is 0 Å². The number of thioether (sulfide) groups is 2. The monoisotopic (exact) mass is 1220 g/mol. The van der Waals surface area contributed by atoms with Crippen molar-refractivity contribution in [3.63, 3.8) is 0 Å². The van der Waals surface area contributed by atoms with E-state index < -0.39 is 114 Å². The molecule has 10 atom stereocenters. The van der Waals surface area contributed by atoms with Crippen LogP contribution in [-0.2, 0) is 60.3 Å². The molecule has 1 fully saturated rings. The Kier molecular flexibility index (Phi) is 29.1. The summed E-state index contributed by atoms with van der Waals surface area (Å²) in [5.74, 6) is -3.36. The molecule has 1 aliphatic rings. The van der Waals surface area contributed by atoms with Gasteiger partial charge in [-0.1, -0.05) is 80.3 Å². The number of phosphoric acid groups is 3. The molecule has 0 bridgehead atoms. The van der Waals surface area contributed by atoms with Gasteiger partial charge in [0.25, 0.3) is 0 Å². The van der Waals surface area contributed by atoms with Crippen molar-refractivity contribution >= 4 is 92.8 Å². The summed E-state index contributed by atoms with van der Waals surface area (Å²) in [6.45, 7) is 0.278. The number of ether oxygens (including phenoxy) is 1. The first-order chi connectivity index (χ1) is 37.0. The van der Waals surface area contributed by atoms with Gasteiger partial charge in [0.15, 0.2) is 17.7 Å². The number of hydrogen-bond donors (Lipinski definition) is 13. The second kappa shape index (κ2) is 33.4. The van der Waals surface area contributed by atoms with E-state index in [1.807, 2.05) is 24.3 Å². The quantitative estimate of drug-likeness (QED) is 0.0151. The van der Waals surface area contributed by atoms with Gasteiger partial charge in [0, 0.05) is 48.1 Å². The lowest BCUT2D eigenvalue weighted by Gasteiger charge is -2.30. The number of anilines is 1. The highest BCUT2D eigenvalue weighted by molar-refractivity contribution is 8.14. The van der Waals surface area contributed by atoms with Crippen LogP contribution >= 0.6 is 47.0 Å². The standard InChI is InChI=1S/C44H67N8O22P3S2/c1-44(2,25-71-77(68,69)74-76(66,67)70-23-30-37(73-75(63,64)65)36(58)42(72-30)52-27-51-35-39(46)49-26-50-40(35)52)38(59)41(60)48-20-19-32(54)47-21-22-78-34(57)18-13-11-9-7-5-3-4-6-8-10-12-16-31(79-24-28(45)43(61)62)29(53)15-14-17-33(55)56/h4-8,10,12-13,16,18,26-31,36-38,42,53,58-59H,3,9,11,14-15,17,19-25,45H2,1-2H3,(H,47,54)(H,48,60)(H,55,56)(H,61,62)(H,66,67)(H,68,69)(H2,46,49,50)(H2,63,64,65)/b6-4+,7-5+,10-8+,16-12+,18-13+.